The summed E-state index contributed by atoms with van der Waals surface area (Å²) in [6.45, 7) is 9.09. The van der Waals surface area contributed by atoms with Crippen molar-refractivity contribution in [2.24, 2.45) is 30.9 Å². The number of phenols is 1. The normalized spacial score (nSPS) is 13.4. The fourth-order valence-corrected chi connectivity index (χ4v) is 11.2. The number of hydrogen-bond donors (Lipinski definition) is 7. The van der Waals surface area contributed by atoms with Crippen LogP contribution >= 0.6 is 11.6 Å². The van der Waals surface area contributed by atoms with E-state index in [1.54, 1.807) is 67.9 Å². The molecule has 1 aliphatic heterocycles. The standard InChI is InChI=1S/C63H76ClN15O7.C2HF3O2/c1-38(2)58(73-57(81)35-70-74-67)60(83)72-54(17-12-26-69-63(66)86)59(82)71-46-20-18-43(44(28-46)34-68-5)37-79(8,9)27-13-16-48-29-41-14-10-11-15-42(41)36-77(48)61(84)51-25-19-45(64)30-53(51)56-32-52(39(3)76(56)7)62(85)78(47-21-23-50(80)24-22-47)55-31-49(33-65)75(6)40(55)4;3-2(4,5)1(6)7/h10-11,14-15,18-25,28,30-32,38,48,54,58,68H,12-13,16-17,26-27,29,34-37H2,1-9H3,(H6-,66,69,71,72,73,80,81,82,83,86);(H,6,7)/t48-,54-,58-;/m1./s1. The summed E-state index contributed by atoms with van der Waals surface area (Å²) in [6.07, 6.45) is -2.63. The zero-order valence-corrected chi connectivity index (χ0v) is 53.9. The third-order valence-corrected chi connectivity index (χ3v) is 16.4. The largest absolute Gasteiger partial charge is 0.542 e. The van der Waals surface area contributed by atoms with Gasteiger partial charge in [0.15, 0.2) is 0 Å². The Hall–Kier alpha value is -9.87. The number of carboxylic acid groups (broad SMARTS) is 1. The number of quaternary nitrogens is 1. The van der Waals surface area contributed by atoms with Gasteiger partial charge in [-0.1, -0.05) is 60.9 Å². The molecule has 0 spiro atoms. The topological polar surface area (TPSA) is 338 Å². The molecule has 7 rings (SSSR count). The molecule has 0 aliphatic carbocycles. The number of primary amides is 1. The van der Waals surface area contributed by atoms with Crippen LogP contribution in [-0.4, -0.2) is 130 Å². The summed E-state index contributed by atoms with van der Waals surface area (Å²) in [4.78, 5) is 96.8. The number of phenolic OH excluding ortho intramolecular Hbond substituents is 1. The van der Waals surface area contributed by atoms with Gasteiger partial charge >= 0.3 is 12.2 Å². The first-order valence-corrected chi connectivity index (χ1v) is 30.1. The minimum Gasteiger partial charge on any atom is -0.542 e. The number of nitrogens with one attached hydrogen (secondary N) is 5. The second-order valence-electron chi connectivity index (χ2n) is 23.6. The number of carboxylic acids is 1. The molecule has 0 radical (unpaired) electrons. The van der Waals surface area contributed by atoms with E-state index in [0.29, 0.717) is 105 Å². The molecule has 494 valence electrons. The Labute approximate surface area is 541 Å². The Morgan fingerprint density at radius 3 is 2.19 bits per heavy atom. The highest BCUT2D eigenvalue weighted by Crippen LogP contribution is 2.38. The van der Waals surface area contributed by atoms with E-state index in [1.807, 2.05) is 67.7 Å². The molecule has 0 fully saturated rings. The number of fused-ring (bicyclic) bond motifs is 1. The van der Waals surface area contributed by atoms with Crippen molar-refractivity contribution in [3.63, 3.8) is 0 Å². The van der Waals surface area contributed by atoms with Crippen LogP contribution in [0.2, 0.25) is 5.02 Å². The summed E-state index contributed by atoms with van der Waals surface area (Å²) in [5.41, 5.74) is 23.3. The molecule has 28 heteroatoms. The lowest BCUT2D eigenvalue weighted by molar-refractivity contribution is -0.903. The summed E-state index contributed by atoms with van der Waals surface area (Å²) >= 11 is 6.78. The fraction of sp³-hybridized carbons (Fsp3) is 0.385. The van der Waals surface area contributed by atoms with Gasteiger partial charge in [-0.15, -0.1) is 0 Å². The molecular weight excluding hydrogens is 1230 g/mol. The molecule has 4 aromatic carbocycles. The van der Waals surface area contributed by atoms with Crippen LogP contribution in [0.5, 0.6) is 5.75 Å². The Balaban J connectivity index is 0.00000185. The third kappa shape index (κ3) is 18.9. The van der Waals surface area contributed by atoms with E-state index in [9.17, 15) is 42.7 Å². The minimum absolute atomic E-state index is 0.0335. The maximum Gasteiger partial charge on any atom is 0.430 e. The summed E-state index contributed by atoms with van der Waals surface area (Å²) in [5.74, 6) is -5.66. The maximum absolute atomic E-state index is 15.4. The molecule has 3 atom stereocenters. The number of aromatic hydroxyl groups is 1. The molecule has 0 saturated carbocycles. The fourth-order valence-electron chi connectivity index (χ4n) is 11.1. The second kappa shape index (κ2) is 31.9. The second-order valence-corrected chi connectivity index (χ2v) is 24.0. The molecule has 6 aromatic rings. The number of rotatable bonds is 25. The van der Waals surface area contributed by atoms with Gasteiger partial charge < -0.3 is 65.8 Å². The number of nitrogens with zero attached hydrogens (tertiary/aromatic N) is 9. The number of aromatic nitrogens is 2. The van der Waals surface area contributed by atoms with Crippen molar-refractivity contribution in [2.75, 3.05) is 51.0 Å². The summed E-state index contributed by atoms with van der Waals surface area (Å²) in [7, 11) is 9.78. The summed E-state index contributed by atoms with van der Waals surface area (Å²) in [6, 6.07) is 28.1. The molecule has 0 unspecified atom stereocenters. The smallest absolute Gasteiger partial charge is 0.430 e. The van der Waals surface area contributed by atoms with Gasteiger partial charge in [0.2, 0.25) is 17.7 Å². The van der Waals surface area contributed by atoms with Crippen molar-refractivity contribution in [3.05, 3.63) is 163 Å². The molecule has 7 amide bonds. The average Bonchev–Trinajstić information content (AvgIpc) is 1.69. The van der Waals surface area contributed by atoms with Crippen molar-refractivity contribution in [3.8, 4) is 23.1 Å². The van der Waals surface area contributed by atoms with Crippen LogP contribution in [0, 0.1) is 31.1 Å². The van der Waals surface area contributed by atoms with E-state index in [-0.39, 0.29) is 42.5 Å². The monoisotopic (exact) mass is 1300 g/mol. The third-order valence-electron chi connectivity index (χ3n) is 16.2. The van der Waals surface area contributed by atoms with Gasteiger partial charge in [-0.3, -0.25) is 28.9 Å². The van der Waals surface area contributed by atoms with Crippen LogP contribution < -0.4 is 42.3 Å². The number of benzene rings is 4. The average molecular weight is 1300 g/mol. The quantitative estimate of drug-likeness (QED) is 0.00952. The van der Waals surface area contributed by atoms with Crippen LogP contribution in [-0.2, 0) is 59.3 Å². The number of amides is 7. The first-order chi connectivity index (χ1) is 43.9. The molecular formula is C65H77ClF3N15O9. The summed E-state index contributed by atoms with van der Waals surface area (Å²) in [5, 5.41) is 46.7. The van der Waals surface area contributed by atoms with Crippen LogP contribution in [0.25, 0.3) is 21.7 Å². The van der Waals surface area contributed by atoms with E-state index in [2.05, 4.69) is 68.9 Å². The molecule has 0 bridgehead atoms. The number of nitrogens with two attached hydrogens (primary N) is 1. The Kier molecular flexibility index (Phi) is 24.8. The predicted molar refractivity (Wildman–Crippen MR) is 342 cm³/mol. The number of urea groups is 1. The lowest BCUT2D eigenvalue weighted by Gasteiger charge is -2.38. The first-order valence-electron chi connectivity index (χ1n) is 29.7. The van der Waals surface area contributed by atoms with Crippen molar-refractivity contribution < 1.29 is 61.4 Å². The van der Waals surface area contributed by atoms with Crippen molar-refractivity contribution in [1.82, 2.24) is 35.3 Å². The van der Waals surface area contributed by atoms with Crippen molar-refractivity contribution >= 4 is 70.2 Å². The first kappa shape index (κ1) is 72.2. The Morgan fingerprint density at radius 1 is 0.903 bits per heavy atom. The number of hydrogen-bond acceptors (Lipinski definition) is 12. The zero-order valence-electron chi connectivity index (χ0n) is 53.2. The minimum atomic E-state index is -5.19. The Morgan fingerprint density at radius 2 is 1.58 bits per heavy atom. The molecule has 93 heavy (non-hydrogen) atoms. The molecule has 0 saturated heterocycles. The van der Waals surface area contributed by atoms with Crippen LogP contribution in [0.15, 0.2) is 102 Å². The summed E-state index contributed by atoms with van der Waals surface area (Å²) < 4.78 is 35.8. The molecule has 8 N–H and O–H groups in total. The van der Waals surface area contributed by atoms with E-state index >= 15 is 9.59 Å². The SMILES string of the molecule is CNCc1cc(NC(=O)[C@@H](CCCNC(N)=O)NC(=O)[C@H](NC(=O)CN=[N+]=[N-])C(C)C)ccc1C[N+](C)(C)CCC[C@@H]1Cc2ccccc2CN1C(=O)c1ccc(Cl)cc1-c1cc(C(=O)N(c2ccc(O)cc2)c2cc(C#N)n(C)c2C)c(C)n1C.O=C([O-])C(F)(F)F. The van der Waals surface area contributed by atoms with E-state index < -0.39 is 54.5 Å². The van der Waals surface area contributed by atoms with E-state index in [4.69, 9.17) is 32.8 Å². The van der Waals surface area contributed by atoms with Gasteiger partial charge in [-0.25, -0.2) is 4.79 Å². The zero-order chi connectivity index (χ0) is 68.6. The molecule has 24 nitrogen and oxygen atoms in total. The van der Waals surface area contributed by atoms with Crippen LogP contribution in [0.3, 0.4) is 0 Å². The molecule has 1 aliphatic rings. The number of aliphatic carboxylic acids is 1. The highest BCUT2D eigenvalue weighted by atomic mass is 35.5. The Bertz CT molecular complexity index is 3840. The van der Waals surface area contributed by atoms with Gasteiger partial charge in [0.25, 0.3) is 11.8 Å². The number of halogens is 4. The van der Waals surface area contributed by atoms with Crippen molar-refractivity contribution in [1.29, 1.82) is 5.26 Å². The predicted octanol–water partition coefficient (Wildman–Crippen LogP) is 7.82. The molecule has 3 heterocycles. The number of carbonyl (C=O) groups excluding carboxylic acids is 7. The lowest BCUT2D eigenvalue weighted by Crippen LogP contribution is -2.55. The van der Waals surface area contributed by atoms with Gasteiger partial charge in [-0.2, -0.15) is 18.4 Å². The highest BCUT2D eigenvalue weighted by Gasteiger charge is 2.35. The lowest BCUT2D eigenvalue weighted by atomic mass is 9.90. The van der Waals surface area contributed by atoms with Crippen LogP contribution in [0.4, 0.5) is 35.0 Å². The number of anilines is 3. The van der Waals surface area contributed by atoms with Crippen molar-refractivity contribution in [2.45, 2.75) is 104 Å². The molecule has 2 aromatic heterocycles. The maximum atomic E-state index is 15.4. The number of nitriles is 1. The van der Waals surface area contributed by atoms with E-state index in [1.165, 1.54) is 22.6 Å². The number of azide groups is 1. The van der Waals surface area contributed by atoms with Gasteiger partial charge in [0, 0.05) is 94.9 Å². The highest BCUT2D eigenvalue weighted by molar-refractivity contribution is 6.31. The van der Waals surface area contributed by atoms with Crippen LogP contribution in [0.1, 0.15) is 99.6 Å². The number of carbonyl (C=O) groups is 7. The van der Waals surface area contributed by atoms with E-state index in [0.717, 1.165) is 29.7 Å². The van der Waals surface area contributed by atoms with Gasteiger partial charge in [-0.05, 0) is 148 Å². The van der Waals surface area contributed by atoms with Gasteiger partial charge in [0.05, 0.1) is 31.9 Å². The van der Waals surface area contributed by atoms with Gasteiger partial charge in [0.1, 0.15) is 48.7 Å². The number of alkyl halides is 3.